The van der Waals surface area contributed by atoms with Crippen molar-refractivity contribution in [1.29, 1.82) is 0 Å². The first kappa shape index (κ1) is 18.3. The molecule has 4 heteroatoms. The second-order valence-electron chi connectivity index (χ2n) is 7.60. The van der Waals surface area contributed by atoms with E-state index in [2.05, 4.69) is 37.4 Å². The lowest BCUT2D eigenvalue weighted by Gasteiger charge is -2.42. The molecule has 0 bridgehead atoms. The second-order valence-corrected chi connectivity index (χ2v) is 8.58. The SMILES string of the molecule is C=CCSc1nc2c(c(=O)n1CC=C)C1(CCCCC1)Cc1ccccc1-2. The summed E-state index contributed by atoms with van der Waals surface area (Å²) >= 11 is 1.57. The lowest BCUT2D eigenvalue weighted by Crippen LogP contribution is -2.43. The predicted molar refractivity (Wildman–Crippen MR) is 114 cm³/mol. The van der Waals surface area contributed by atoms with Crippen molar-refractivity contribution in [3.8, 4) is 11.3 Å². The average molecular weight is 379 g/mol. The minimum Gasteiger partial charge on any atom is -0.283 e. The number of rotatable bonds is 5. The number of aromatic nitrogens is 2. The average Bonchev–Trinajstić information content (AvgIpc) is 2.69. The minimum atomic E-state index is -0.0590. The summed E-state index contributed by atoms with van der Waals surface area (Å²) in [6.07, 6.45) is 10.4. The molecule has 0 saturated heterocycles. The van der Waals surface area contributed by atoms with Gasteiger partial charge in [-0.2, -0.15) is 0 Å². The second kappa shape index (κ2) is 7.51. The van der Waals surface area contributed by atoms with Gasteiger partial charge in [0.05, 0.1) is 11.3 Å². The molecular formula is C23H26N2OS. The number of hydrogen-bond acceptors (Lipinski definition) is 3. The molecule has 140 valence electrons. The highest BCUT2D eigenvalue weighted by atomic mass is 32.2. The molecule has 0 N–H and O–H groups in total. The number of nitrogens with zero attached hydrogens (tertiary/aromatic N) is 2. The topological polar surface area (TPSA) is 34.9 Å². The highest BCUT2D eigenvalue weighted by molar-refractivity contribution is 7.99. The van der Waals surface area contributed by atoms with Crippen LogP contribution in [0.1, 0.15) is 43.2 Å². The van der Waals surface area contributed by atoms with Crippen molar-refractivity contribution >= 4 is 11.8 Å². The monoisotopic (exact) mass is 378 g/mol. The van der Waals surface area contributed by atoms with Crippen LogP contribution in [0.2, 0.25) is 0 Å². The van der Waals surface area contributed by atoms with Crippen molar-refractivity contribution in [2.45, 2.75) is 55.6 Å². The highest BCUT2D eigenvalue weighted by Gasteiger charge is 2.43. The van der Waals surface area contributed by atoms with Gasteiger partial charge in [-0.25, -0.2) is 4.98 Å². The van der Waals surface area contributed by atoms with Gasteiger partial charge in [0.1, 0.15) is 0 Å². The van der Waals surface area contributed by atoms with Crippen LogP contribution in [0.3, 0.4) is 0 Å². The first-order valence-corrected chi connectivity index (χ1v) is 10.8. The summed E-state index contributed by atoms with van der Waals surface area (Å²) < 4.78 is 1.81. The molecule has 0 aliphatic heterocycles. The third kappa shape index (κ3) is 3.10. The van der Waals surface area contributed by atoms with E-state index in [0.717, 1.165) is 47.0 Å². The van der Waals surface area contributed by atoms with Gasteiger partial charge in [-0.05, 0) is 24.8 Å². The minimum absolute atomic E-state index is 0.0590. The Kier molecular flexibility index (Phi) is 5.09. The van der Waals surface area contributed by atoms with Crippen molar-refractivity contribution in [1.82, 2.24) is 9.55 Å². The van der Waals surface area contributed by atoms with E-state index in [9.17, 15) is 4.79 Å². The van der Waals surface area contributed by atoms with Crippen LogP contribution in [0, 0.1) is 0 Å². The van der Waals surface area contributed by atoms with Gasteiger partial charge in [0.15, 0.2) is 5.16 Å². The Bertz CT molecular complexity index is 938. The highest BCUT2D eigenvalue weighted by Crippen LogP contribution is 2.48. The van der Waals surface area contributed by atoms with Crippen molar-refractivity contribution in [2.75, 3.05) is 5.75 Å². The number of benzene rings is 1. The largest absolute Gasteiger partial charge is 0.283 e. The van der Waals surface area contributed by atoms with Gasteiger partial charge in [-0.1, -0.05) is 67.4 Å². The van der Waals surface area contributed by atoms with Gasteiger partial charge in [-0.3, -0.25) is 9.36 Å². The first-order valence-electron chi connectivity index (χ1n) is 9.78. The zero-order chi connectivity index (χ0) is 18.9. The van der Waals surface area contributed by atoms with Gasteiger partial charge < -0.3 is 0 Å². The fraction of sp³-hybridized carbons (Fsp3) is 0.391. The van der Waals surface area contributed by atoms with Gasteiger partial charge >= 0.3 is 0 Å². The fourth-order valence-corrected chi connectivity index (χ4v) is 5.49. The molecular weight excluding hydrogens is 352 g/mol. The van der Waals surface area contributed by atoms with E-state index in [0.29, 0.717) is 6.54 Å². The molecule has 1 heterocycles. The van der Waals surface area contributed by atoms with Gasteiger partial charge in [0.25, 0.3) is 5.56 Å². The molecule has 0 atom stereocenters. The van der Waals surface area contributed by atoms with Crippen LogP contribution in [-0.4, -0.2) is 15.3 Å². The van der Waals surface area contributed by atoms with Crippen LogP contribution < -0.4 is 5.56 Å². The van der Waals surface area contributed by atoms with E-state index < -0.39 is 0 Å². The number of hydrogen-bond donors (Lipinski definition) is 0. The third-order valence-electron chi connectivity index (χ3n) is 5.92. The Balaban J connectivity index is 2.00. The Morgan fingerprint density at radius 2 is 1.93 bits per heavy atom. The Morgan fingerprint density at radius 1 is 1.15 bits per heavy atom. The summed E-state index contributed by atoms with van der Waals surface area (Å²) in [6, 6.07) is 8.49. The molecule has 3 nitrogen and oxygen atoms in total. The molecule has 1 saturated carbocycles. The summed E-state index contributed by atoms with van der Waals surface area (Å²) in [4.78, 5) is 18.8. The van der Waals surface area contributed by atoms with Crippen LogP contribution >= 0.6 is 11.8 Å². The zero-order valence-corrected chi connectivity index (χ0v) is 16.6. The molecule has 0 radical (unpaired) electrons. The van der Waals surface area contributed by atoms with Crippen molar-refractivity contribution < 1.29 is 0 Å². The smallest absolute Gasteiger partial charge is 0.258 e. The lowest BCUT2D eigenvalue weighted by molar-refractivity contribution is 0.282. The van der Waals surface area contributed by atoms with E-state index >= 15 is 0 Å². The maximum atomic E-state index is 13.7. The maximum absolute atomic E-state index is 13.7. The Hall–Kier alpha value is -2.07. The summed E-state index contributed by atoms with van der Waals surface area (Å²) in [5, 5.41) is 0.765. The van der Waals surface area contributed by atoms with E-state index in [-0.39, 0.29) is 11.0 Å². The molecule has 0 unspecified atom stereocenters. The predicted octanol–water partition coefficient (Wildman–Crippen LogP) is 5.13. The van der Waals surface area contributed by atoms with Crippen molar-refractivity contribution in [3.05, 3.63) is 71.1 Å². The molecule has 2 aliphatic carbocycles. The van der Waals surface area contributed by atoms with Crippen molar-refractivity contribution in [3.63, 3.8) is 0 Å². The maximum Gasteiger partial charge on any atom is 0.258 e. The zero-order valence-electron chi connectivity index (χ0n) is 15.7. The molecule has 1 fully saturated rings. The quantitative estimate of drug-likeness (QED) is 0.411. The standard InChI is InChI=1S/C23H26N2OS/c1-3-14-25-21(26)19-20(24-22(25)27-15-4-2)18-11-7-6-10-17(18)16-23(19)12-8-5-9-13-23/h3-4,6-7,10-11H,1-2,5,8-9,12-16H2. The summed E-state index contributed by atoms with van der Waals surface area (Å²) in [5.74, 6) is 0.731. The number of fused-ring (bicyclic) bond motifs is 4. The third-order valence-corrected chi connectivity index (χ3v) is 6.89. The summed E-state index contributed by atoms with van der Waals surface area (Å²) in [7, 11) is 0. The van der Waals surface area contributed by atoms with E-state index in [1.54, 1.807) is 17.8 Å². The van der Waals surface area contributed by atoms with Gasteiger partial charge in [0, 0.05) is 23.3 Å². The number of allylic oxidation sites excluding steroid dienone is 1. The van der Waals surface area contributed by atoms with Crippen LogP contribution in [0.5, 0.6) is 0 Å². The van der Waals surface area contributed by atoms with Crippen molar-refractivity contribution in [2.24, 2.45) is 0 Å². The molecule has 27 heavy (non-hydrogen) atoms. The molecule has 0 amide bonds. The van der Waals surface area contributed by atoms with Gasteiger partial charge in [-0.15, -0.1) is 13.2 Å². The van der Waals surface area contributed by atoms with Crippen LogP contribution in [0.4, 0.5) is 0 Å². The normalized spacial score (nSPS) is 17.2. The van der Waals surface area contributed by atoms with E-state index in [1.165, 1.54) is 24.8 Å². The molecule has 1 spiro atoms. The van der Waals surface area contributed by atoms with E-state index in [1.807, 2.05) is 10.6 Å². The van der Waals surface area contributed by atoms with E-state index in [4.69, 9.17) is 4.98 Å². The first-order chi connectivity index (χ1) is 13.2. The molecule has 1 aromatic carbocycles. The van der Waals surface area contributed by atoms with Gasteiger partial charge in [0.2, 0.25) is 0 Å². The molecule has 4 rings (SSSR count). The summed E-state index contributed by atoms with van der Waals surface area (Å²) in [5.41, 5.74) is 4.40. The lowest BCUT2D eigenvalue weighted by atomic mass is 9.62. The fourth-order valence-electron chi connectivity index (χ4n) is 4.76. The Labute approximate surface area is 165 Å². The van der Waals surface area contributed by atoms with Crippen LogP contribution in [0.25, 0.3) is 11.3 Å². The summed E-state index contributed by atoms with van der Waals surface area (Å²) in [6.45, 7) is 8.16. The Morgan fingerprint density at radius 3 is 2.67 bits per heavy atom. The molecule has 2 aromatic rings. The number of thioether (sulfide) groups is 1. The van der Waals surface area contributed by atoms with Crippen LogP contribution in [0.15, 0.2) is 59.5 Å². The van der Waals surface area contributed by atoms with Crippen LogP contribution in [-0.2, 0) is 18.4 Å². The molecule has 1 aromatic heterocycles. The molecule has 2 aliphatic rings.